The molecule has 0 spiro atoms. The molecule has 0 saturated heterocycles. The van der Waals surface area contributed by atoms with E-state index in [4.69, 9.17) is 0 Å². The zero-order valence-corrected chi connectivity index (χ0v) is 8.61. The number of nitrogens with one attached hydrogen (secondary N) is 1. The minimum absolute atomic E-state index is 0.131. The summed E-state index contributed by atoms with van der Waals surface area (Å²) >= 11 is 0. The number of aryl methyl sites for hydroxylation is 2. The predicted octanol–water partition coefficient (Wildman–Crippen LogP) is 1.45. The fourth-order valence-corrected chi connectivity index (χ4v) is 1.48. The lowest BCUT2D eigenvalue weighted by Crippen LogP contribution is -2.08. The number of aromatic nitrogens is 3. The third kappa shape index (κ3) is 1.93. The number of H-pyrrole nitrogens is 1. The van der Waals surface area contributed by atoms with Crippen molar-refractivity contribution in [3.05, 3.63) is 46.3 Å². The van der Waals surface area contributed by atoms with Crippen molar-refractivity contribution in [2.24, 2.45) is 0 Å². The summed E-state index contributed by atoms with van der Waals surface area (Å²) in [6.07, 6.45) is 3.45. The van der Waals surface area contributed by atoms with Gasteiger partial charge < -0.3 is 4.98 Å². The number of nitrogens with zero attached hydrogens (tertiary/aromatic N) is 2. The highest BCUT2D eigenvalue weighted by molar-refractivity contribution is 5.61. The summed E-state index contributed by atoms with van der Waals surface area (Å²) in [6.45, 7) is 3.71. The van der Waals surface area contributed by atoms with Crippen LogP contribution >= 0.6 is 0 Å². The highest BCUT2D eigenvalue weighted by Gasteiger charge is 2.04. The Kier molecular flexibility index (Phi) is 2.33. The maximum atomic E-state index is 11.3. The second kappa shape index (κ2) is 3.65. The van der Waals surface area contributed by atoms with Gasteiger partial charge in [-0.25, -0.2) is 4.98 Å². The Morgan fingerprint density at radius 1 is 1.33 bits per heavy atom. The van der Waals surface area contributed by atoms with Crippen molar-refractivity contribution in [1.82, 2.24) is 15.0 Å². The first-order valence-corrected chi connectivity index (χ1v) is 4.66. The highest BCUT2D eigenvalue weighted by Crippen LogP contribution is 2.18. The lowest BCUT2D eigenvalue weighted by molar-refractivity contribution is 1.02. The lowest BCUT2D eigenvalue weighted by atomic mass is 10.1. The number of aromatic amines is 1. The van der Waals surface area contributed by atoms with Gasteiger partial charge in [0.15, 0.2) is 0 Å². The maximum absolute atomic E-state index is 11.3. The molecule has 0 aliphatic rings. The van der Waals surface area contributed by atoms with Crippen molar-refractivity contribution in [2.75, 3.05) is 0 Å². The number of pyridine rings is 1. The first-order chi connectivity index (χ1) is 7.16. The van der Waals surface area contributed by atoms with Gasteiger partial charge in [0.1, 0.15) is 5.82 Å². The smallest absolute Gasteiger partial charge is 0.251 e. The van der Waals surface area contributed by atoms with Crippen LogP contribution in [-0.2, 0) is 0 Å². The van der Waals surface area contributed by atoms with Crippen LogP contribution < -0.4 is 5.56 Å². The summed E-state index contributed by atoms with van der Waals surface area (Å²) in [6, 6.07) is 3.35. The van der Waals surface area contributed by atoms with E-state index < -0.39 is 0 Å². The third-order valence-electron chi connectivity index (χ3n) is 2.16. The molecule has 4 nitrogen and oxygen atoms in total. The van der Waals surface area contributed by atoms with Gasteiger partial charge in [0.2, 0.25) is 0 Å². The van der Waals surface area contributed by atoms with Gasteiger partial charge in [-0.1, -0.05) is 0 Å². The van der Waals surface area contributed by atoms with Crippen molar-refractivity contribution < 1.29 is 0 Å². The molecular weight excluding hydrogens is 190 g/mol. The van der Waals surface area contributed by atoms with E-state index in [0.29, 0.717) is 11.5 Å². The van der Waals surface area contributed by atoms with Crippen LogP contribution in [0.4, 0.5) is 0 Å². The Hall–Kier alpha value is -1.97. The van der Waals surface area contributed by atoms with E-state index in [1.54, 1.807) is 19.3 Å². The Morgan fingerprint density at radius 3 is 2.80 bits per heavy atom. The summed E-state index contributed by atoms with van der Waals surface area (Å²) in [5, 5.41) is 0. The van der Waals surface area contributed by atoms with Crippen LogP contribution in [-0.4, -0.2) is 15.0 Å². The standard InChI is InChI=1S/C11H11N3O/c1-7-6-12-4-3-9(7)10-5-11(15)14-8(2)13-10/h3-6H,1-2H3,(H,13,14,15). The van der Waals surface area contributed by atoms with Gasteiger partial charge in [-0.15, -0.1) is 0 Å². The van der Waals surface area contributed by atoms with E-state index >= 15 is 0 Å². The van der Waals surface area contributed by atoms with E-state index in [2.05, 4.69) is 15.0 Å². The SMILES string of the molecule is Cc1nc(-c2ccncc2C)cc(=O)[nH]1. The van der Waals surface area contributed by atoms with E-state index in [0.717, 1.165) is 11.1 Å². The van der Waals surface area contributed by atoms with Crippen molar-refractivity contribution >= 4 is 0 Å². The molecular formula is C11H11N3O. The first-order valence-electron chi connectivity index (χ1n) is 4.66. The molecule has 0 radical (unpaired) electrons. The Balaban J connectivity index is 2.64. The van der Waals surface area contributed by atoms with Crippen LogP contribution in [0, 0.1) is 13.8 Å². The molecule has 0 aliphatic carbocycles. The minimum Gasteiger partial charge on any atom is -0.311 e. The molecule has 1 N–H and O–H groups in total. The maximum Gasteiger partial charge on any atom is 0.251 e. The number of rotatable bonds is 1. The van der Waals surface area contributed by atoms with Crippen LogP contribution in [0.1, 0.15) is 11.4 Å². The minimum atomic E-state index is -0.131. The predicted molar refractivity (Wildman–Crippen MR) is 57.6 cm³/mol. The van der Waals surface area contributed by atoms with E-state index in [1.165, 1.54) is 6.07 Å². The number of hydrogen-bond acceptors (Lipinski definition) is 3. The molecule has 4 heteroatoms. The monoisotopic (exact) mass is 201 g/mol. The summed E-state index contributed by atoms with van der Waals surface area (Å²) in [4.78, 5) is 22.2. The molecule has 0 unspecified atom stereocenters. The van der Waals surface area contributed by atoms with Gasteiger partial charge in [0, 0.05) is 24.0 Å². The largest absolute Gasteiger partial charge is 0.311 e. The first kappa shape index (κ1) is 9.58. The molecule has 2 heterocycles. The summed E-state index contributed by atoms with van der Waals surface area (Å²) in [5.41, 5.74) is 2.51. The molecule has 0 amide bonds. The summed E-state index contributed by atoms with van der Waals surface area (Å²) in [5.74, 6) is 0.619. The molecule has 0 aromatic carbocycles. The number of hydrogen-bond donors (Lipinski definition) is 1. The quantitative estimate of drug-likeness (QED) is 0.759. The molecule has 0 bridgehead atoms. The van der Waals surface area contributed by atoms with Crippen molar-refractivity contribution in [3.8, 4) is 11.3 Å². The van der Waals surface area contributed by atoms with Crippen LogP contribution in [0.15, 0.2) is 29.3 Å². The van der Waals surface area contributed by atoms with Crippen LogP contribution in [0.2, 0.25) is 0 Å². The average Bonchev–Trinajstić information content (AvgIpc) is 2.16. The van der Waals surface area contributed by atoms with E-state index in [1.807, 2.05) is 13.0 Å². The fraction of sp³-hybridized carbons (Fsp3) is 0.182. The van der Waals surface area contributed by atoms with Gasteiger partial charge in [-0.05, 0) is 25.5 Å². The van der Waals surface area contributed by atoms with Gasteiger partial charge in [-0.2, -0.15) is 0 Å². The van der Waals surface area contributed by atoms with Crippen LogP contribution in [0.5, 0.6) is 0 Å². The van der Waals surface area contributed by atoms with Gasteiger partial charge in [0.05, 0.1) is 5.69 Å². The van der Waals surface area contributed by atoms with Gasteiger partial charge in [-0.3, -0.25) is 9.78 Å². The van der Waals surface area contributed by atoms with E-state index in [9.17, 15) is 4.79 Å². The topological polar surface area (TPSA) is 58.6 Å². The molecule has 15 heavy (non-hydrogen) atoms. The third-order valence-corrected chi connectivity index (χ3v) is 2.16. The summed E-state index contributed by atoms with van der Waals surface area (Å²) in [7, 11) is 0. The van der Waals surface area contributed by atoms with E-state index in [-0.39, 0.29) is 5.56 Å². The summed E-state index contributed by atoms with van der Waals surface area (Å²) < 4.78 is 0. The average molecular weight is 201 g/mol. The molecule has 76 valence electrons. The zero-order chi connectivity index (χ0) is 10.8. The Bertz CT molecular complexity index is 546. The van der Waals surface area contributed by atoms with Crippen molar-refractivity contribution in [2.45, 2.75) is 13.8 Å². The second-order valence-corrected chi connectivity index (χ2v) is 3.41. The normalized spacial score (nSPS) is 10.3. The molecule has 0 fully saturated rings. The van der Waals surface area contributed by atoms with Crippen molar-refractivity contribution in [1.29, 1.82) is 0 Å². The lowest BCUT2D eigenvalue weighted by Gasteiger charge is -2.04. The molecule has 2 rings (SSSR count). The molecule has 0 saturated carbocycles. The van der Waals surface area contributed by atoms with Gasteiger partial charge >= 0.3 is 0 Å². The highest BCUT2D eigenvalue weighted by atomic mass is 16.1. The Labute approximate surface area is 87.0 Å². The van der Waals surface area contributed by atoms with Crippen molar-refractivity contribution in [3.63, 3.8) is 0 Å². The fourth-order valence-electron chi connectivity index (χ4n) is 1.48. The Morgan fingerprint density at radius 2 is 2.13 bits per heavy atom. The molecule has 0 aliphatic heterocycles. The molecule has 2 aromatic heterocycles. The second-order valence-electron chi connectivity index (χ2n) is 3.41. The van der Waals surface area contributed by atoms with Crippen LogP contribution in [0.3, 0.4) is 0 Å². The molecule has 2 aromatic rings. The van der Waals surface area contributed by atoms with Gasteiger partial charge in [0.25, 0.3) is 5.56 Å². The van der Waals surface area contributed by atoms with Crippen LogP contribution in [0.25, 0.3) is 11.3 Å². The zero-order valence-electron chi connectivity index (χ0n) is 8.61. The molecule has 0 atom stereocenters.